The van der Waals surface area contributed by atoms with Gasteiger partial charge in [-0.25, -0.2) is 4.39 Å². The maximum Gasteiger partial charge on any atom is 0.220 e. The molecule has 0 unspecified atom stereocenters. The lowest BCUT2D eigenvalue weighted by Gasteiger charge is -2.10. The molecule has 0 spiro atoms. The number of amides is 1. The zero-order valence-electron chi connectivity index (χ0n) is 9.24. The fraction of sp³-hybridized carbons (Fsp3) is 0.417. The molecule has 0 radical (unpaired) electrons. The van der Waals surface area contributed by atoms with Crippen LogP contribution in [0.5, 0.6) is 0 Å². The second kappa shape index (κ2) is 6.23. The van der Waals surface area contributed by atoms with Crippen LogP contribution in [-0.2, 0) is 11.2 Å². The van der Waals surface area contributed by atoms with E-state index in [9.17, 15) is 9.18 Å². The van der Waals surface area contributed by atoms with Crippen molar-refractivity contribution in [1.29, 1.82) is 0 Å². The van der Waals surface area contributed by atoms with Crippen molar-refractivity contribution in [2.24, 2.45) is 0 Å². The molecule has 0 fully saturated rings. The molecule has 1 aromatic carbocycles. The zero-order chi connectivity index (χ0) is 12.0. The number of carbonyl (C=O) groups excluding carboxylic acids is 1. The van der Waals surface area contributed by atoms with Gasteiger partial charge < -0.3 is 10.4 Å². The van der Waals surface area contributed by atoms with Gasteiger partial charge in [0.2, 0.25) is 5.91 Å². The number of nitrogens with one attached hydrogen (secondary N) is 1. The van der Waals surface area contributed by atoms with Gasteiger partial charge in [0.1, 0.15) is 5.82 Å². The highest BCUT2D eigenvalue weighted by atomic mass is 19.1. The maximum absolute atomic E-state index is 12.6. The number of hydrogen-bond acceptors (Lipinski definition) is 2. The molecule has 0 aliphatic carbocycles. The van der Waals surface area contributed by atoms with Crippen LogP contribution in [0, 0.1) is 5.82 Å². The van der Waals surface area contributed by atoms with E-state index in [-0.39, 0.29) is 24.4 Å². The van der Waals surface area contributed by atoms with Crippen molar-refractivity contribution in [2.75, 3.05) is 6.61 Å². The van der Waals surface area contributed by atoms with Crippen molar-refractivity contribution in [3.63, 3.8) is 0 Å². The molecule has 3 nitrogen and oxygen atoms in total. The molecule has 2 N–H and O–H groups in total. The second-order valence-electron chi connectivity index (χ2n) is 3.78. The minimum absolute atomic E-state index is 0.0672. The standard InChI is InChI=1S/C12H16FNO2/c1-9(8-15)14-12(16)7-4-10-2-5-11(13)6-3-10/h2-3,5-6,9,15H,4,7-8H2,1H3,(H,14,16)/t9-/m1/s1. The van der Waals surface area contributed by atoms with Crippen molar-refractivity contribution in [2.45, 2.75) is 25.8 Å². The average Bonchev–Trinajstić information content (AvgIpc) is 2.28. The summed E-state index contributed by atoms with van der Waals surface area (Å²) in [6.07, 6.45) is 0.917. The summed E-state index contributed by atoms with van der Waals surface area (Å²) in [5, 5.41) is 11.4. The van der Waals surface area contributed by atoms with Crippen LogP contribution in [0.15, 0.2) is 24.3 Å². The first-order chi connectivity index (χ1) is 7.61. The summed E-state index contributed by atoms with van der Waals surface area (Å²) in [5.41, 5.74) is 0.924. The van der Waals surface area contributed by atoms with Gasteiger partial charge in [-0.3, -0.25) is 4.79 Å². The van der Waals surface area contributed by atoms with Crippen molar-refractivity contribution in [3.8, 4) is 0 Å². The third kappa shape index (κ3) is 4.40. The van der Waals surface area contributed by atoms with E-state index in [1.165, 1.54) is 12.1 Å². The quantitative estimate of drug-likeness (QED) is 0.792. The lowest BCUT2D eigenvalue weighted by molar-refractivity contribution is -0.121. The van der Waals surface area contributed by atoms with Gasteiger partial charge in [0.25, 0.3) is 0 Å². The number of halogens is 1. The van der Waals surface area contributed by atoms with Crippen LogP contribution in [0.2, 0.25) is 0 Å². The lowest BCUT2D eigenvalue weighted by atomic mass is 10.1. The van der Waals surface area contributed by atoms with Crippen LogP contribution < -0.4 is 5.32 Å². The van der Waals surface area contributed by atoms with Gasteiger partial charge in [0.05, 0.1) is 6.61 Å². The van der Waals surface area contributed by atoms with Gasteiger partial charge in [-0.15, -0.1) is 0 Å². The first-order valence-corrected chi connectivity index (χ1v) is 5.26. The zero-order valence-corrected chi connectivity index (χ0v) is 9.24. The van der Waals surface area contributed by atoms with Crippen LogP contribution in [0.4, 0.5) is 4.39 Å². The topological polar surface area (TPSA) is 49.3 Å². The molecule has 0 bridgehead atoms. The van der Waals surface area contributed by atoms with Crippen LogP contribution >= 0.6 is 0 Å². The Bertz CT molecular complexity index is 337. The highest BCUT2D eigenvalue weighted by molar-refractivity contribution is 5.76. The minimum Gasteiger partial charge on any atom is -0.394 e. The Hall–Kier alpha value is -1.42. The van der Waals surface area contributed by atoms with E-state index in [2.05, 4.69) is 5.32 Å². The largest absolute Gasteiger partial charge is 0.394 e. The predicted octanol–water partition coefficient (Wildman–Crippen LogP) is 1.26. The first kappa shape index (κ1) is 12.6. The molecule has 0 saturated carbocycles. The Balaban J connectivity index is 2.34. The Morgan fingerprint density at radius 3 is 2.62 bits per heavy atom. The lowest BCUT2D eigenvalue weighted by Crippen LogP contribution is -2.35. The SMILES string of the molecule is C[C@H](CO)NC(=O)CCc1ccc(F)cc1. The molecule has 88 valence electrons. The van der Waals surface area contributed by atoms with Gasteiger partial charge in [-0.1, -0.05) is 12.1 Å². The Morgan fingerprint density at radius 1 is 1.44 bits per heavy atom. The average molecular weight is 225 g/mol. The van der Waals surface area contributed by atoms with Gasteiger partial charge in [-0.05, 0) is 31.0 Å². The molecule has 1 atom stereocenters. The molecule has 0 heterocycles. The number of aliphatic hydroxyl groups is 1. The van der Waals surface area contributed by atoms with E-state index in [1.54, 1.807) is 19.1 Å². The Morgan fingerprint density at radius 2 is 2.06 bits per heavy atom. The summed E-state index contributed by atoms with van der Waals surface area (Å²) in [4.78, 5) is 11.4. The van der Waals surface area contributed by atoms with E-state index in [4.69, 9.17) is 5.11 Å². The molecule has 0 aromatic heterocycles. The summed E-state index contributed by atoms with van der Waals surface area (Å²) in [6.45, 7) is 1.66. The van der Waals surface area contributed by atoms with Crippen molar-refractivity contribution in [1.82, 2.24) is 5.32 Å². The van der Waals surface area contributed by atoms with Crippen LogP contribution in [0.25, 0.3) is 0 Å². The molecule has 0 saturated heterocycles. The smallest absolute Gasteiger partial charge is 0.220 e. The molecule has 1 amide bonds. The number of aryl methyl sites for hydroxylation is 1. The molecule has 16 heavy (non-hydrogen) atoms. The summed E-state index contributed by atoms with van der Waals surface area (Å²) in [5.74, 6) is -0.382. The summed E-state index contributed by atoms with van der Waals surface area (Å²) in [6, 6.07) is 5.87. The molecule has 4 heteroatoms. The predicted molar refractivity (Wildman–Crippen MR) is 59.4 cm³/mol. The fourth-order valence-electron chi connectivity index (χ4n) is 1.30. The van der Waals surface area contributed by atoms with Crippen molar-refractivity contribution in [3.05, 3.63) is 35.6 Å². The summed E-state index contributed by atoms with van der Waals surface area (Å²) >= 11 is 0. The number of carbonyl (C=O) groups is 1. The number of rotatable bonds is 5. The highest BCUT2D eigenvalue weighted by Gasteiger charge is 2.06. The number of aliphatic hydroxyl groups excluding tert-OH is 1. The normalized spacial score (nSPS) is 12.2. The van der Waals surface area contributed by atoms with Crippen LogP contribution in [0.3, 0.4) is 0 Å². The maximum atomic E-state index is 12.6. The van der Waals surface area contributed by atoms with E-state index < -0.39 is 0 Å². The Kier molecular flexibility index (Phi) is 4.92. The number of hydrogen-bond donors (Lipinski definition) is 2. The van der Waals surface area contributed by atoms with Crippen molar-refractivity contribution < 1.29 is 14.3 Å². The molecule has 0 aliphatic heterocycles. The van der Waals surface area contributed by atoms with Crippen LogP contribution in [-0.4, -0.2) is 23.7 Å². The van der Waals surface area contributed by atoms with E-state index >= 15 is 0 Å². The minimum atomic E-state index is -0.276. The third-order valence-corrected chi connectivity index (χ3v) is 2.24. The van der Waals surface area contributed by atoms with E-state index in [0.29, 0.717) is 12.8 Å². The summed E-state index contributed by atoms with van der Waals surface area (Å²) < 4.78 is 12.6. The second-order valence-corrected chi connectivity index (χ2v) is 3.78. The molecular weight excluding hydrogens is 209 g/mol. The Labute approximate surface area is 94.3 Å². The van der Waals surface area contributed by atoms with Gasteiger partial charge in [0.15, 0.2) is 0 Å². The molecule has 0 aliphatic rings. The highest BCUT2D eigenvalue weighted by Crippen LogP contribution is 2.05. The molecule has 1 rings (SSSR count). The molecular formula is C12H16FNO2. The monoisotopic (exact) mass is 225 g/mol. The van der Waals surface area contributed by atoms with E-state index in [1.807, 2.05) is 0 Å². The summed E-state index contributed by atoms with van der Waals surface area (Å²) in [7, 11) is 0. The fourth-order valence-corrected chi connectivity index (χ4v) is 1.30. The van der Waals surface area contributed by atoms with Crippen LogP contribution in [0.1, 0.15) is 18.9 Å². The third-order valence-electron chi connectivity index (χ3n) is 2.24. The van der Waals surface area contributed by atoms with Gasteiger partial charge in [-0.2, -0.15) is 0 Å². The van der Waals surface area contributed by atoms with Crippen molar-refractivity contribution >= 4 is 5.91 Å². The van der Waals surface area contributed by atoms with Gasteiger partial charge in [0, 0.05) is 12.5 Å². The van der Waals surface area contributed by atoms with E-state index in [0.717, 1.165) is 5.56 Å². The number of benzene rings is 1. The molecule has 1 aromatic rings. The first-order valence-electron chi connectivity index (χ1n) is 5.26. The van der Waals surface area contributed by atoms with Gasteiger partial charge >= 0.3 is 0 Å².